The molecule has 2 heterocycles. The number of halogens is 1. The summed E-state index contributed by atoms with van der Waals surface area (Å²) in [6, 6.07) is 5.28. The maximum absolute atomic E-state index is 11.6. The molecule has 0 N–H and O–H groups in total. The van der Waals surface area contributed by atoms with E-state index in [0.717, 1.165) is 0 Å². The number of aromatic nitrogens is 1. The lowest BCUT2D eigenvalue weighted by Crippen LogP contribution is -2.49. The van der Waals surface area contributed by atoms with Gasteiger partial charge in [0.1, 0.15) is 11.0 Å². The van der Waals surface area contributed by atoms with Crippen molar-refractivity contribution >= 4 is 23.5 Å². The summed E-state index contributed by atoms with van der Waals surface area (Å²) in [6.07, 6.45) is -0.288. The molecule has 1 aliphatic heterocycles. The number of anilines is 1. The minimum absolute atomic E-state index is 0.288. The number of rotatable bonds is 2. The van der Waals surface area contributed by atoms with Gasteiger partial charge in [-0.25, -0.2) is 9.78 Å². The summed E-state index contributed by atoms with van der Waals surface area (Å²) < 4.78 is 4.97. The largest absolute Gasteiger partial charge is 0.450 e. The molecule has 1 fully saturated rings. The normalized spacial score (nSPS) is 14.8. The van der Waals surface area contributed by atoms with Gasteiger partial charge in [-0.3, -0.25) is 0 Å². The minimum atomic E-state index is -0.288. The zero-order chi connectivity index (χ0) is 14.5. The SMILES string of the molecule is CCOC(=O)N1CCN(c2cc(C#N)cc(Cl)n2)CC1. The fourth-order valence-corrected chi connectivity index (χ4v) is 2.25. The van der Waals surface area contributed by atoms with Gasteiger partial charge >= 0.3 is 6.09 Å². The molecule has 1 aliphatic rings. The number of hydrogen-bond donors (Lipinski definition) is 0. The Balaban J connectivity index is 2.02. The monoisotopic (exact) mass is 294 g/mol. The fourth-order valence-electron chi connectivity index (χ4n) is 2.04. The highest BCUT2D eigenvalue weighted by molar-refractivity contribution is 6.29. The summed E-state index contributed by atoms with van der Waals surface area (Å²) in [4.78, 5) is 19.5. The highest BCUT2D eigenvalue weighted by atomic mass is 35.5. The van der Waals surface area contributed by atoms with Crippen LogP contribution in [-0.2, 0) is 4.74 Å². The predicted molar refractivity (Wildman–Crippen MR) is 74.8 cm³/mol. The summed E-state index contributed by atoms with van der Waals surface area (Å²) in [5.41, 5.74) is 0.479. The molecule has 0 radical (unpaired) electrons. The number of amides is 1. The Hall–Kier alpha value is -2.00. The van der Waals surface area contributed by atoms with Crippen LogP contribution in [0.4, 0.5) is 10.6 Å². The van der Waals surface area contributed by atoms with Crippen LogP contribution in [0.25, 0.3) is 0 Å². The number of nitrogens with zero attached hydrogens (tertiary/aromatic N) is 4. The van der Waals surface area contributed by atoms with Crippen LogP contribution in [-0.4, -0.2) is 48.8 Å². The number of pyridine rings is 1. The Labute approximate surface area is 122 Å². The quantitative estimate of drug-likeness (QED) is 0.779. The number of ether oxygens (including phenoxy) is 1. The molecule has 0 bridgehead atoms. The standard InChI is InChI=1S/C13H15ClN4O2/c1-2-20-13(19)18-5-3-17(4-6-18)12-8-10(9-15)7-11(14)16-12/h7-8H,2-6H2,1H3. The number of nitriles is 1. The molecule has 0 aromatic carbocycles. The predicted octanol–water partition coefficient (Wildman–Crippen LogP) is 1.89. The number of carbonyl (C=O) groups excluding carboxylic acids is 1. The molecule has 1 amide bonds. The second kappa shape index (κ2) is 6.44. The molecule has 1 saturated heterocycles. The van der Waals surface area contributed by atoms with E-state index in [9.17, 15) is 4.79 Å². The zero-order valence-corrected chi connectivity index (χ0v) is 11.9. The molecule has 0 spiro atoms. The third-order valence-electron chi connectivity index (χ3n) is 3.04. The molecule has 7 heteroatoms. The first kappa shape index (κ1) is 14.4. The summed E-state index contributed by atoms with van der Waals surface area (Å²) in [7, 11) is 0. The van der Waals surface area contributed by atoms with Gasteiger partial charge in [0.05, 0.1) is 18.2 Å². The first-order chi connectivity index (χ1) is 9.63. The molecule has 0 atom stereocenters. The van der Waals surface area contributed by atoms with Gasteiger partial charge in [-0.05, 0) is 19.1 Å². The number of piperazine rings is 1. The van der Waals surface area contributed by atoms with Crippen LogP contribution in [0.5, 0.6) is 0 Å². The van der Waals surface area contributed by atoms with Crippen molar-refractivity contribution in [3.63, 3.8) is 0 Å². The zero-order valence-electron chi connectivity index (χ0n) is 11.2. The van der Waals surface area contributed by atoms with Gasteiger partial charge in [-0.1, -0.05) is 11.6 Å². The second-order valence-electron chi connectivity index (χ2n) is 4.32. The van der Waals surface area contributed by atoms with Gasteiger partial charge < -0.3 is 14.5 Å². The molecule has 20 heavy (non-hydrogen) atoms. The van der Waals surface area contributed by atoms with Gasteiger partial charge in [0, 0.05) is 26.2 Å². The second-order valence-corrected chi connectivity index (χ2v) is 4.71. The van der Waals surface area contributed by atoms with Crippen molar-refractivity contribution in [2.24, 2.45) is 0 Å². The lowest BCUT2D eigenvalue weighted by molar-refractivity contribution is 0.105. The van der Waals surface area contributed by atoms with E-state index >= 15 is 0 Å². The van der Waals surface area contributed by atoms with E-state index in [-0.39, 0.29) is 6.09 Å². The molecule has 0 aliphatic carbocycles. The molecule has 106 valence electrons. The van der Waals surface area contributed by atoms with E-state index in [4.69, 9.17) is 21.6 Å². The van der Waals surface area contributed by atoms with Crippen LogP contribution < -0.4 is 4.90 Å². The lowest BCUT2D eigenvalue weighted by Gasteiger charge is -2.34. The maximum atomic E-state index is 11.6. The van der Waals surface area contributed by atoms with Crippen LogP contribution in [0, 0.1) is 11.3 Å². The van der Waals surface area contributed by atoms with Crippen molar-refractivity contribution in [3.8, 4) is 6.07 Å². The smallest absolute Gasteiger partial charge is 0.409 e. The fraction of sp³-hybridized carbons (Fsp3) is 0.462. The van der Waals surface area contributed by atoms with E-state index in [1.807, 2.05) is 4.90 Å². The Bertz CT molecular complexity index is 536. The van der Waals surface area contributed by atoms with Crippen LogP contribution in [0.15, 0.2) is 12.1 Å². The highest BCUT2D eigenvalue weighted by Gasteiger charge is 2.23. The average molecular weight is 295 g/mol. The molecule has 0 unspecified atom stereocenters. The summed E-state index contributed by atoms with van der Waals surface area (Å²) in [6.45, 7) is 4.56. The summed E-state index contributed by atoms with van der Waals surface area (Å²) in [5.74, 6) is 0.664. The van der Waals surface area contributed by atoms with Crippen molar-refractivity contribution < 1.29 is 9.53 Å². The Kier molecular flexibility index (Phi) is 4.64. The maximum Gasteiger partial charge on any atom is 0.409 e. The summed E-state index contributed by atoms with van der Waals surface area (Å²) >= 11 is 5.89. The first-order valence-corrected chi connectivity index (χ1v) is 6.76. The highest BCUT2D eigenvalue weighted by Crippen LogP contribution is 2.19. The van der Waals surface area contributed by atoms with Crippen molar-refractivity contribution in [2.75, 3.05) is 37.7 Å². The molecular weight excluding hydrogens is 280 g/mol. The van der Waals surface area contributed by atoms with E-state index < -0.39 is 0 Å². The first-order valence-electron chi connectivity index (χ1n) is 6.38. The van der Waals surface area contributed by atoms with Crippen molar-refractivity contribution in [1.29, 1.82) is 5.26 Å². The van der Waals surface area contributed by atoms with Crippen LogP contribution in [0.2, 0.25) is 5.15 Å². The van der Waals surface area contributed by atoms with Gasteiger partial charge in [-0.2, -0.15) is 5.26 Å². The Morgan fingerprint density at radius 3 is 2.75 bits per heavy atom. The van der Waals surface area contributed by atoms with Crippen LogP contribution in [0.1, 0.15) is 12.5 Å². The van der Waals surface area contributed by atoms with E-state index in [2.05, 4.69) is 11.1 Å². The topological polar surface area (TPSA) is 69.5 Å². The summed E-state index contributed by atoms with van der Waals surface area (Å²) in [5, 5.41) is 9.23. The molecule has 1 aromatic heterocycles. The van der Waals surface area contributed by atoms with Gasteiger partial charge in [0.15, 0.2) is 0 Å². The molecule has 0 saturated carbocycles. The minimum Gasteiger partial charge on any atom is -0.450 e. The molecule has 1 aromatic rings. The van der Waals surface area contributed by atoms with Gasteiger partial charge in [0.25, 0.3) is 0 Å². The molecular formula is C13H15ClN4O2. The van der Waals surface area contributed by atoms with Crippen LogP contribution in [0.3, 0.4) is 0 Å². The van der Waals surface area contributed by atoms with Gasteiger partial charge in [-0.15, -0.1) is 0 Å². The Morgan fingerprint density at radius 2 is 2.15 bits per heavy atom. The van der Waals surface area contributed by atoms with E-state index in [1.165, 1.54) is 6.07 Å². The lowest BCUT2D eigenvalue weighted by atomic mass is 10.2. The number of carbonyl (C=O) groups is 1. The number of hydrogen-bond acceptors (Lipinski definition) is 5. The van der Waals surface area contributed by atoms with E-state index in [1.54, 1.807) is 17.9 Å². The third kappa shape index (κ3) is 3.31. The van der Waals surface area contributed by atoms with Crippen molar-refractivity contribution in [3.05, 3.63) is 22.8 Å². The average Bonchev–Trinajstić information content (AvgIpc) is 2.47. The van der Waals surface area contributed by atoms with Crippen molar-refractivity contribution in [2.45, 2.75) is 6.92 Å². The Morgan fingerprint density at radius 1 is 1.45 bits per heavy atom. The van der Waals surface area contributed by atoms with Crippen molar-refractivity contribution in [1.82, 2.24) is 9.88 Å². The molecule has 6 nitrogen and oxygen atoms in total. The van der Waals surface area contributed by atoms with Gasteiger partial charge in [0.2, 0.25) is 0 Å². The molecule has 2 rings (SSSR count). The third-order valence-corrected chi connectivity index (χ3v) is 3.23. The van der Waals surface area contributed by atoms with Crippen LogP contribution >= 0.6 is 11.6 Å². The van der Waals surface area contributed by atoms with E-state index in [0.29, 0.717) is 49.3 Å².